The lowest BCUT2D eigenvalue weighted by molar-refractivity contribution is 0.171. The lowest BCUT2D eigenvalue weighted by atomic mass is 10.2. The fraction of sp³-hybridized carbons (Fsp3) is 0.308. The maximum atomic E-state index is 5.40. The highest BCUT2D eigenvalue weighted by atomic mass is 32.1. The lowest BCUT2D eigenvalue weighted by Gasteiger charge is -2.08. The second-order valence-electron chi connectivity index (χ2n) is 4.10. The molecule has 0 bridgehead atoms. The summed E-state index contributed by atoms with van der Waals surface area (Å²) in [5.74, 6) is 2.15. The van der Waals surface area contributed by atoms with Crippen molar-refractivity contribution in [2.75, 3.05) is 13.9 Å². The van der Waals surface area contributed by atoms with E-state index in [9.17, 15) is 0 Å². The Balaban J connectivity index is 1.68. The van der Waals surface area contributed by atoms with Gasteiger partial charge in [0.15, 0.2) is 11.5 Å². The monoisotopic (exact) mass is 278 g/mol. The predicted octanol–water partition coefficient (Wildman–Crippen LogP) is 2.17. The van der Waals surface area contributed by atoms with Crippen molar-refractivity contribution in [2.24, 2.45) is 0 Å². The van der Waals surface area contributed by atoms with Crippen LogP contribution in [0.15, 0.2) is 23.8 Å². The number of thiazole rings is 1. The zero-order valence-corrected chi connectivity index (χ0v) is 11.3. The fourth-order valence-corrected chi connectivity index (χ4v) is 2.51. The molecule has 1 aromatic heterocycles. The molecule has 1 aromatic carbocycles. The van der Waals surface area contributed by atoms with E-state index < -0.39 is 0 Å². The van der Waals surface area contributed by atoms with Crippen molar-refractivity contribution in [3.63, 3.8) is 0 Å². The van der Waals surface area contributed by atoms with Gasteiger partial charge >= 0.3 is 0 Å². The van der Waals surface area contributed by atoms with Gasteiger partial charge in [0.25, 0.3) is 0 Å². The fourth-order valence-electron chi connectivity index (χ4n) is 1.95. The van der Waals surface area contributed by atoms with Crippen molar-refractivity contribution < 1.29 is 14.2 Å². The third kappa shape index (κ3) is 2.64. The highest BCUT2D eigenvalue weighted by molar-refractivity contribution is 7.09. The molecule has 0 atom stereocenters. The summed E-state index contributed by atoms with van der Waals surface area (Å²) in [6.07, 6.45) is 1.87. The number of hydrogen-bond acceptors (Lipinski definition) is 6. The molecule has 1 aliphatic rings. The van der Waals surface area contributed by atoms with Gasteiger partial charge in [-0.05, 0) is 17.7 Å². The van der Waals surface area contributed by atoms with E-state index in [2.05, 4.69) is 10.3 Å². The van der Waals surface area contributed by atoms with Crippen LogP contribution in [0.2, 0.25) is 0 Å². The maximum Gasteiger partial charge on any atom is 0.231 e. The van der Waals surface area contributed by atoms with Gasteiger partial charge in [-0.15, -0.1) is 11.3 Å². The summed E-state index contributed by atoms with van der Waals surface area (Å²) in [6, 6.07) is 3.94. The van der Waals surface area contributed by atoms with Crippen LogP contribution in [-0.2, 0) is 13.1 Å². The van der Waals surface area contributed by atoms with Gasteiger partial charge in [-0.1, -0.05) is 0 Å². The molecule has 0 radical (unpaired) electrons. The Morgan fingerprint density at radius 3 is 3.11 bits per heavy atom. The zero-order chi connectivity index (χ0) is 13.1. The van der Waals surface area contributed by atoms with E-state index in [1.54, 1.807) is 18.4 Å². The van der Waals surface area contributed by atoms with E-state index >= 15 is 0 Å². The molecule has 19 heavy (non-hydrogen) atoms. The molecule has 100 valence electrons. The summed E-state index contributed by atoms with van der Waals surface area (Å²) in [6.45, 7) is 1.80. The molecular formula is C13H14N2O3S. The van der Waals surface area contributed by atoms with Crippen LogP contribution in [0.4, 0.5) is 0 Å². The molecule has 0 aliphatic carbocycles. The summed E-state index contributed by atoms with van der Waals surface area (Å²) in [7, 11) is 1.63. The normalized spacial score (nSPS) is 12.7. The number of benzene rings is 1. The van der Waals surface area contributed by atoms with Crippen molar-refractivity contribution in [3.05, 3.63) is 34.3 Å². The summed E-state index contributed by atoms with van der Waals surface area (Å²) >= 11 is 1.64. The first kappa shape index (κ1) is 12.3. The SMILES string of the molecule is COc1cc(CNCc2cncs2)cc2c1OCO2. The minimum atomic E-state index is 0.253. The van der Waals surface area contributed by atoms with E-state index in [1.165, 1.54) is 4.88 Å². The summed E-state index contributed by atoms with van der Waals surface area (Å²) < 4.78 is 16.1. The summed E-state index contributed by atoms with van der Waals surface area (Å²) in [5, 5.41) is 3.37. The molecular weight excluding hydrogens is 264 g/mol. The second-order valence-corrected chi connectivity index (χ2v) is 5.07. The molecule has 0 fully saturated rings. The number of fused-ring (bicyclic) bond motifs is 1. The molecule has 0 unspecified atom stereocenters. The largest absolute Gasteiger partial charge is 0.493 e. The van der Waals surface area contributed by atoms with Gasteiger partial charge in [-0.2, -0.15) is 0 Å². The van der Waals surface area contributed by atoms with Crippen LogP contribution in [0.5, 0.6) is 17.2 Å². The van der Waals surface area contributed by atoms with Crippen molar-refractivity contribution in [1.82, 2.24) is 10.3 Å². The highest BCUT2D eigenvalue weighted by Gasteiger charge is 2.19. The maximum absolute atomic E-state index is 5.40. The number of nitrogens with zero attached hydrogens (tertiary/aromatic N) is 1. The predicted molar refractivity (Wildman–Crippen MR) is 71.8 cm³/mol. The van der Waals surface area contributed by atoms with Gasteiger partial charge in [0, 0.05) is 24.2 Å². The molecule has 3 rings (SSSR count). The van der Waals surface area contributed by atoms with E-state index in [-0.39, 0.29) is 6.79 Å². The van der Waals surface area contributed by atoms with E-state index in [4.69, 9.17) is 14.2 Å². The Hall–Kier alpha value is -1.79. The first-order valence-electron chi connectivity index (χ1n) is 5.91. The summed E-state index contributed by atoms with van der Waals surface area (Å²) in [5.41, 5.74) is 2.94. The summed E-state index contributed by atoms with van der Waals surface area (Å²) in [4.78, 5) is 5.26. The minimum Gasteiger partial charge on any atom is -0.493 e. The lowest BCUT2D eigenvalue weighted by Crippen LogP contribution is -2.11. The van der Waals surface area contributed by atoms with Gasteiger partial charge in [-0.25, -0.2) is 0 Å². The van der Waals surface area contributed by atoms with Gasteiger partial charge in [0.1, 0.15) is 0 Å². The third-order valence-corrected chi connectivity index (χ3v) is 3.61. The number of rotatable bonds is 5. The number of ether oxygens (including phenoxy) is 3. The highest BCUT2D eigenvalue weighted by Crippen LogP contribution is 2.41. The Morgan fingerprint density at radius 1 is 1.37 bits per heavy atom. The van der Waals surface area contributed by atoms with E-state index in [0.29, 0.717) is 11.5 Å². The third-order valence-electron chi connectivity index (χ3n) is 2.83. The number of hydrogen-bond donors (Lipinski definition) is 1. The first-order chi connectivity index (χ1) is 9.36. The topological polar surface area (TPSA) is 52.6 Å². The van der Waals surface area contributed by atoms with Crippen molar-refractivity contribution in [1.29, 1.82) is 0 Å². The van der Waals surface area contributed by atoms with Crippen LogP contribution in [0, 0.1) is 0 Å². The molecule has 1 N–H and O–H groups in total. The molecule has 0 saturated heterocycles. The molecule has 6 heteroatoms. The number of methoxy groups -OCH3 is 1. The molecule has 0 spiro atoms. The quantitative estimate of drug-likeness (QED) is 0.908. The Labute approximate surface area is 115 Å². The van der Waals surface area contributed by atoms with Gasteiger partial charge in [0.2, 0.25) is 12.5 Å². The number of aromatic nitrogens is 1. The minimum absolute atomic E-state index is 0.253. The van der Waals surface area contributed by atoms with Gasteiger partial charge < -0.3 is 19.5 Å². The van der Waals surface area contributed by atoms with Gasteiger partial charge in [-0.3, -0.25) is 4.98 Å². The van der Waals surface area contributed by atoms with Crippen LogP contribution < -0.4 is 19.5 Å². The Bertz CT molecular complexity index is 557. The van der Waals surface area contributed by atoms with Crippen molar-refractivity contribution >= 4 is 11.3 Å². The van der Waals surface area contributed by atoms with Gasteiger partial charge in [0.05, 0.1) is 12.6 Å². The van der Waals surface area contributed by atoms with Crippen LogP contribution in [0.25, 0.3) is 0 Å². The standard InChI is InChI=1S/C13H14N2O3S/c1-16-11-2-9(3-12-13(11)18-8-17-12)4-14-5-10-6-15-7-19-10/h2-3,6-7,14H,4-5,8H2,1H3. The van der Waals surface area contributed by atoms with Crippen LogP contribution in [-0.4, -0.2) is 18.9 Å². The first-order valence-corrected chi connectivity index (χ1v) is 6.79. The van der Waals surface area contributed by atoms with E-state index in [1.807, 2.05) is 23.8 Å². The second kappa shape index (κ2) is 5.46. The van der Waals surface area contributed by atoms with Crippen molar-refractivity contribution in [2.45, 2.75) is 13.1 Å². The van der Waals surface area contributed by atoms with Crippen LogP contribution in [0.1, 0.15) is 10.4 Å². The molecule has 2 aromatic rings. The molecule has 0 saturated carbocycles. The van der Waals surface area contributed by atoms with Crippen LogP contribution in [0.3, 0.4) is 0 Å². The molecule has 5 nitrogen and oxygen atoms in total. The zero-order valence-electron chi connectivity index (χ0n) is 10.5. The molecule has 1 aliphatic heterocycles. The van der Waals surface area contributed by atoms with Crippen molar-refractivity contribution in [3.8, 4) is 17.2 Å². The molecule has 2 heterocycles. The van der Waals surface area contributed by atoms with Crippen LogP contribution >= 0.6 is 11.3 Å². The Kier molecular flexibility index (Phi) is 3.52. The molecule has 0 amide bonds. The smallest absolute Gasteiger partial charge is 0.231 e. The number of nitrogens with one attached hydrogen (secondary N) is 1. The Morgan fingerprint density at radius 2 is 2.32 bits per heavy atom. The van der Waals surface area contributed by atoms with E-state index in [0.717, 1.165) is 24.4 Å². The average molecular weight is 278 g/mol. The average Bonchev–Trinajstić information content (AvgIpc) is 3.08.